The Labute approximate surface area is 257 Å². The van der Waals surface area contributed by atoms with E-state index in [0.29, 0.717) is 33.8 Å². The van der Waals surface area contributed by atoms with Crippen LogP contribution in [0.3, 0.4) is 0 Å². The number of urea groups is 1. The lowest BCUT2D eigenvalue weighted by Crippen LogP contribution is -2.23. The number of carbonyl (C=O) groups excluding carboxylic acids is 3. The van der Waals surface area contributed by atoms with E-state index in [1.807, 2.05) is 18.2 Å². The number of nitrogens with one attached hydrogen (secondary N) is 4. The van der Waals surface area contributed by atoms with E-state index in [1.54, 1.807) is 78.9 Å². The van der Waals surface area contributed by atoms with Crippen molar-refractivity contribution in [3.05, 3.63) is 150 Å². The second kappa shape index (κ2) is 13.6. The molecular formula is C35H27F3N4O3. The van der Waals surface area contributed by atoms with Gasteiger partial charge in [-0.2, -0.15) is 13.2 Å². The Hall–Kier alpha value is -5.90. The van der Waals surface area contributed by atoms with E-state index in [9.17, 15) is 27.6 Å². The fraction of sp³-hybridized carbons (Fsp3) is 0.0571. The van der Waals surface area contributed by atoms with E-state index in [2.05, 4.69) is 21.3 Å². The first kappa shape index (κ1) is 30.6. The van der Waals surface area contributed by atoms with Crippen LogP contribution < -0.4 is 21.3 Å². The molecule has 0 aliphatic carbocycles. The Bertz CT molecular complexity index is 1810. The first-order valence-corrected chi connectivity index (χ1v) is 13.8. The molecule has 0 aromatic heterocycles. The SMILES string of the molecule is O=C(Nc1ccccc1)Nc1ccc(CNC(=O)c2cccc(NC(=O)c3ccccc3-c3ccc(C(F)(F)F)cc3)c2)cc1. The highest BCUT2D eigenvalue weighted by Crippen LogP contribution is 2.32. The van der Waals surface area contributed by atoms with Gasteiger partial charge in [0.2, 0.25) is 0 Å². The summed E-state index contributed by atoms with van der Waals surface area (Å²) in [7, 11) is 0. The summed E-state index contributed by atoms with van der Waals surface area (Å²) in [5.74, 6) is -0.838. The van der Waals surface area contributed by atoms with Crippen LogP contribution in [0, 0.1) is 0 Å². The molecule has 0 aliphatic heterocycles. The number of benzene rings is 5. The zero-order valence-electron chi connectivity index (χ0n) is 23.7. The molecule has 45 heavy (non-hydrogen) atoms. The molecular weight excluding hydrogens is 581 g/mol. The van der Waals surface area contributed by atoms with Crippen LogP contribution in [-0.2, 0) is 12.7 Å². The van der Waals surface area contributed by atoms with E-state index in [1.165, 1.54) is 18.2 Å². The molecule has 0 bridgehead atoms. The molecule has 0 fully saturated rings. The van der Waals surface area contributed by atoms with E-state index in [0.717, 1.165) is 17.7 Å². The highest BCUT2D eigenvalue weighted by molar-refractivity contribution is 6.09. The molecule has 5 rings (SSSR count). The third-order valence-corrected chi connectivity index (χ3v) is 6.77. The Kier molecular flexibility index (Phi) is 9.23. The van der Waals surface area contributed by atoms with Crippen molar-refractivity contribution in [2.45, 2.75) is 12.7 Å². The van der Waals surface area contributed by atoms with Gasteiger partial charge >= 0.3 is 12.2 Å². The van der Waals surface area contributed by atoms with Crippen molar-refractivity contribution < 1.29 is 27.6 Å². The highest BCUT2D eigenvalue weighted by atomic mass is 19.4. The molecule has 0 saturated carbocycles. The zero-order chi connectivity index (χ0) is 31.8. The molecule has 0 radical (unpaired) electrons. The van der Waals surface area contributed by atoms with Crippen molar-refractivity contribution in [1.29, 1.82) is 0 Å². The van der Waals surface area contributed by atoms with Gasteiger partial charge in [-0.05, 0) is 77.4 Å². The number of rotatable bonds is 8. The Morgan fingerprint density at radius 2 is 1.20 bits per heavy atom. The second-order valence-corrected chi connectivity index (χ2v) is 9.98. The van der Waals surface area contributed by atoms with E-state index >= 15 is 0 Å². The van der Waals surface area contributed by atoms with Crippen molar-refractivity contribution in [3.8, 4) is 11.1 Å². The molecule has 5 aromatic carbocycles. The molecule has 0 atom stereocenters. The standard InChI is InChI=1S/C35H27F3N4O3/c36-35(37,38)26-17-15-24(16-18-26)30-11-4-5-12-31(30)33(44)40-29-10-6-7-25(21-29)32(43)39-22-23-13-19-28(20-14-23)42-34(45)41-27-8-2-1-3-9-27/h1-21H,22H2,(H,39,43)(H,40,44)(H2,41,42,45). The van der Waals surface area contributed by atoms with Crippen molar-refractivity contribution in [2.24, 2.45) is 0 Å². The summed E-state index contributed by atoms with van der Waals surface area (Å²) in [6, 6.07) is 33.3. The summed E-state index contributed by atoms with van der Waals surface area (Å²) in [5.41, 5.74) is 3.17. The smallest absolute Gasteiger partial charge is 0.348 e. The monoisotopic (exact) mass is 608 g/mol. The first-order chi connectivity index (χ1) is 21.7. The number of anilines is 3. The minimum Gasteiger partial charge on any atom is -0.348 e. The van der Waals surface area contributed by atoms with Crippen LogP contribution in [0.15, 0.2) is 127 Å². The molecule has 0 unspecified atom stereocenters. The summed E-state index contributed by atoms with van der Waals surface area (Å²) < 4.78 is 39.0. The number of carbonyl (C=O) groups is 3. The second-order valence-electron chi connectivity index (χ2n) is 9.98. The maximum Gasteiger partial charge on any atom is 0.416 e. The Balaban J connectivity index is 1.18. The topological polar surface area (TPSA) is 99.3 Å². The van der Waals surface area contributed by atoms with Gasteiger partial charge < -0.3 is 21.3 Å². The molecule has 0 aliphatic rings. The summed E-state index contributed by atoms with van der Waals surface area (Å²) in [6.07, 6.45) is -4.46. The lowest BCUT2D eigenvalue weighted by atomic mass is 9.98. The number of alkyl halides is 3. The van der Waals surface area contributed by atoms with Gasteiger partial charge in [0, 0.05) is 34.7 Å². The average molecular weight is 609 g/mol. The highest BCUT2D eigenvalue weighted by Gasteiger charge is 2.30. The van der Waals surface area contributed by atoms with Gasteiger partial charge in [-0.15, -0.1) is 0 Å². The van der Waals surface area contributed by atoms with E-state index in [4.69, 9.17) is 0 Å². The lowest BCUT2D eigenvalue weighted by molar-refractivity contribution is -0.137. The molecule has 4 amide bonds. The fourth-order valence-electron chi connectivity index (χ4n) is 4.51. The quantitative estimate of drug-likeness (QED) is 0.143. The summed E-state index contributed by atoms with van der Waals surface area (Å²) in [5, 5.41) is 11.1. The van der Waals surface area contributed by atoms with Gasteiger partial charge in [0.25, 0.3) is 11.8 Å². The van der Waals surface area contributed by atoms with Gasteiger partial charge in [-0.25, -0.2) is 4.79 Å². The molecule has 226 valence electrons. The molecule has 10 heteroatoms. The molecule has 5 aromatic rings. The fourth-order valence-corrected chi connectivity index (χ4v) is 4.51. The van der Waals surface area contributed by atoms with Crippen molar-refractivity contribution >= 4 is 34.9 Å². The third kappa shape index (κ3) is 8.14. The van der Waals surface area contributed by atoms with Crippen molar-refractivity contribution in [1.82, 2.24) is 5.32 Å². The lowest BCUT2D eigenvalue weighted by Gasteiger charge is -2.13. The summed E-state index contributed by atoms with van der Waals surface area (Å²) in [6.45, 7) is 0.229. The average Bonchev–Trinajstić information content (AvgIpc) is 3.04. The van der Waals surface area contributed by atoms with Crippen LogP contribution in [0.4, 0.5) is 35.0 Å². The molecule has 0 spiro atoms. The van der Waals surface area contributed by atoms with Crippen molar-refractivity contribution in [3.63, 3.8) is 0 Å². The number of hydrogen-bond acceptors (Lipinski definition) is 3. The number of halogens is 3. The molecule has 0 heterocycles. The number of amides is 4. The van der Waals surface area contributed by atoms with Gasteiger partial charge in [-0.1, -0.05) is 66.7 Å². The predicted molar refractivity (Wildman–Crippen MR) is 168 cm³/mol. The Morgan fingerprint density at radius 1 is 0.578 bits per heavy atom. The number of hydrogen-bond donors (Lipinski definition) is 4. The van der Waals surface area contributed by atoms with Gasteiger partial charge in [-0.3, -0.25) is 9.59 Å². The van der Waals surface area contributed by atoms with Gasteiger partial charge in [0.1, 0.15) is 0 Å². The minimum absolute atomic E-state index is 0.229. The van der Waals surface area contributed by atoms with Crippen LogP contribution in [0.5, 0.6) is 0 Å². The van der Waals surface area contributed by atoms with Crippen LogP contribution in [0.25, 0.3) is 11.1 Å². The maximum atomic E-state index is 13.2. The minimum atomic E-state index is -4.46. The number of para-hydroxylation sites is 1. The van der Waals surface area contributed by atoms with Gasteiger partial charge in [0.05, 0.1) is 5.56 Å². The zero-order valence-corrected chi connectivity index (χ0v) is 23.7. The van der Waals surface area contributed by atoms with Crippen molar-refractivity contribution in [2.75, 3.05) is 16.0 Å². The Morgan fingerprint density at radius 3 is 1.89 bits per heavy atom. The molecule has 4 N–H and O–H groups in total. The largest absolute Gasteiger partial charge is 0.416 e. The summed E-state index contributed by atoms with van der Waals surface area (Å²) in [4.78, 5) is 38.3. The van der Waals surface area contributed by atoms with Crippen LogP contribution in [0.1, 0.15) is 31.8 Å². The van der Waals surface area contributed by atoms with E-state index < -0.39 is 17.6 Å². The van der Waals surface area contributed by atoms with E-state index in [-0.39, 0.29) is 24.0 Å². The first-order valence-electron chi connectivity index (χ1n) is 13.8. The normalized spacial score (nSPS) is 10.9. The maximum absolute atomic E-state index is 13.2. The third-order valence-electron chi connectivity index (χ3n) is 6.77. The van der Waals surface area contributed by atoms with Crippen LogP contribution in [-0.4, -0.2) is 17.8 Å². The van der Waals surface area contributed by atoms with Gasteiger partial charge in [0.15, 0.2) is 0 Å². The summed E-state index contributed by atoms with van der Waals surface area (Å²) >= 11 is 0. The van der Waals surface area contributed by atoms with Crippen LogP contribution in [0.2, 0.25) is 0 Å². The predicted octanol–water partition coefficient (Wildman–Crippen LogP) is 8.20. The molecule has 0 saturated heterocycles. The molecule has 7 nitrogen and oxygen atoms in total. The van der Waals surface area contributed by atoms with Crippen LogP contribution >= 0.6 is 0 Å².